The van der Waals surface area contributed by atoms with E-state index < -0.39 is 6.10 Å². The summed E-state index contributed by atoms with van der Waals surface area (Å²) in [6, 6.07) is 5.62. The number of benzene rings is 1. The quantitative estimate of drug-likeness (QED) is 0.828. The SMILES string of the molecule is C=CC(O)c1ccc(Br)cc1Br. The summed E-state index contributed by atoms with van der Waals surface area (Å²) in [5.41, 5.74) is 0.827. The Morgan fingerprint density at radius 2 is 2.08 bits per heavy atom. The highest BCUT2D eigenvalue weighted by molar-refractivity contribution is 9.11. The summed E-state index contributed by atoms with van der Waals surface area (Å²) in [6.07, 6.45) is 0.890. The summed E-state index contributed by atoms with van der Waals surface area (Å²) >= 11 is 6.68. The molecule has 3 heteroatoms. The molecule has 0 spiro atoms. The van der Waals surface area contributed by atoms with Crippen molar-refractivity contribution >= 4 is 31.9 Å². The Kier molecular flexibility index (Phi) is 3.50. The molecule has 0 amide bonds. The van der Waals surface area contributed by atoms with Crippen molar-refractivity contribution in [2.45, 2.75) is 6.10 Å². The maximum Gasteiger partial charge on any atom is 0.0980 e. The lowest BCUT2D eigenvalue weighted by molar-refractivity contribution is 0.228. The normalized spacial score (nSPS) is 12.6. The zero-order chi connectivity index (χ0) is 9.14. The summed E-state index contributed by atoms with van der Waals surface area (Å²) in [5, 5.41) is 9.44. The Balaban J connectivity index is 3.09. The largest absolute Gasteiger partial charge is 0.384 e. The lowest BCUT2D eigenvalue weighted by atomic mass is 10.1. The molecular weight excluding hydrogens is 284 g/mol. The predicted molar refractivity (Wildman–Crippen MR) is 57.0 cm³/mol. The van der Waals surface area contributed by atoms with Crippen LogP contribution >= 0.6 is 31.9 Å². The van der Waals surface area contributed by atoms with Crippen molar-refractivity contribution < 1.29 is 5.11 Å². The molecule has 0 radical (unpaired) electrons. The van der Waals surface area contributed by atoms with Crippen molar-refractivity contribution in [2.75, 3.05) is 0 Å². The molecule has 1 atom stereocenters. The van der Waals surface area contributed by atoms with Crippen molar-refractivity contribution in [1.82, 2.24) is 0 Å². The van der Waals surface area contributed by atoms with Gasteiger partial charge in [0.1, 0.15) is 0 Å². The molecule has 0 saturated heterocycles. The minimum absolute atomic E-state index is 0.604. The minimum atomic E-state index is -0.604. The van der Waals surface area contributed by atoms with Gasteiger partial charge >= 0.3 is 0 Å². The highest BCUT2D eigenvalue weighted by Crippen LogP contribution is 2.27. The van der Waals surface area contributed by atoms with Crippen LogP contribution < -0.4 is 0 Å². The molecule has 1 N–H and O–H groups in total. The smallest absolute Gasteiger partial charge is 0.0980 e. The van der Waals surface area contributed by atoms with Gasteiger partial charge in [-0.25, -0.2) is 0 Å². The van der Waals surface area contributed by atoms with Crippen LogP contribution in [0.15, 0.2) is 39.8 Å². The zero-order valence-corrected chi connectivity index (χ0v) is 9.47. The van der Waals surface area contributed by atoms with Crippen molar-refractivity contribution in [3.8, 4) is 0 Å². The summed E-state index contributed by atoms with van der Waals surface area (Å²) < 4.78 is 1.86. The van der Waals surface area contributed by atoms with Gasteiger partial charge in [-0.2, -0.15) is 0 Å². The van der Waals surface area contributed by atoms with Gasteiger partial charge in [0.25, 0.3) is 0 Å². The number of hydrogen-bond acceptors (Lipinski definition) is 1. The van der Waals surface area contributed by atoms with E-state index in [-0.39, 0.29) is 0 Å². The third-order valence-electron chi connectivity index (χ3n) is 1.50. The maximum absolute atomic E-state index is 9.44. The van der Waals surface area contributed by atoms with Gasteiger partial charge in [-0.1, -0.05) is 44.0 Å². The second kappa shape index (κ2) is 4.21. The Hall–Kier alpha value is -0.120. The number of aliphatic hydroxyl groups excluding tert-OH is 1. The van der Waals surface area contributed by atoms with Crippen molar-refractivity contribution in [3.63, 3.8) is 0 Å². The average molecular weight is 292 g/mol. The molecule has 0 aromatic heterocycles. The molecule has 1 aromatic carbocycles. The number of aliphatic hydroxyl groups is 1. The minimum Gasteiger partial charge on any atom is -0.384 e. The Morgan fingerprint density at radius 3 is 2.58 bits per heavy atom. The fraction of sp³-hybridized carbons (Fsp3) is 0.111. The van der Waals surface area contributed by atoms with Crippen LogP contribution in [0.2, 0.25) is 0 Å². The van der Waals surface area contributed by atoms with Gasteiger partial charge < -0.3 is 5.11 Å². The summed E-state index contributed by atoms with van der Waals surface area (Å²) in [7, 11) is 0. The molecule has 0 aliphatic rings. The van der Waals surface area contributed by atoms with E-state index in [4.69, 9.17) is 0 Å². The van der Waals surface area contributed by atoms with E-state index in [0.29, 0.717) is 0 Å². The van der Waals surface area contributed by atoms with E-state index in [1.165, 1.54) is 6.08 Å². The molecule has 12 heavy (non-hydrogen) atoms. The maximum atomic E-state index is 9.44. The Labute approximate surface area is 88.4 Å². The van der Waals surface area contributed by atoms with Gasteiger partial charge in [-0.15, -0.1) is 6.58 Å². The van der Waals surface area contributed by atoms with E-state index in [1.54, 1.807) is 0 Å². The summed E-state index contributed by atoms with van der Waals surface area (Å²) in [5.74, 6) is 0. The molecule has 1 unspecified atom stereocenters. The Bertz CT molecular complexity index is 297. The molecule has 1 aromatic rings. The predicted octanol–water partition coefficient (Wildman–Crippen LogP) is 3.43. The second-order valence-corrected chi connectivity index (χ2v) is 4.12. The first-order chi connectivity index (χ1) is 5.65. The fourth-order valence-electron chi connectivity index (χ4n) is 0.868. The van der Waals surface area contributed by atoms with E-state index >= 15 is 0 Å². The van der Waals surface area contributed by atoms with Crippen LogP contribution in [0.1, 0.15) is 11.7 Å². The van der Waals surface area contributed by atoms with Crippen LogP contribution in [0.25, 0.3) is 0 Å². The van der Waals surface area contributed by atoms with Crippen molar-refractivity contribution in [1.29, 1.82) is 0 Å². The lowest BCUT2D eigenvalue weighted by Crippen LogP contribution is -1.93. The van der Waals surface area contributed by atoms with E-state index in [0.717, 1.165) is 14.5 Å². The van der Waals surface area contributed by atoms with Crippen molar-refractivity contribution in [2.24, 2.45) is 0 Å². The molecule has 1 rings (SSSR count). The average Bonchev–Trinajstić information content (AvgIpc) is 2.03. The monoisotopic (exact) mass is 290 g/mol. The molecule has 0 heterocycles. The van der Waals surface area contributed by atoms with Crippen molar-refractivity contribution in [3.05, 3.63) is 45.4 Å². The van der Waals surface area contributed by atoms with E-state index in [1.807, 2.05) is 18.2 Å². The molecule has 64 valence electrons. The van der Waals surface area contributed by atoms with Crippen LogP contribution in [0.5, 0.6) is 0 Å². The highest BCUT2D eigenvalue weighted by Gasteiger charge is 2.06. The van der Waals surface area contributed by atoms with Gasteiger partial charge in [-0.3, -0.25) is 0 Å². The van der Waals surface area contributed by atoms with Crippen LogP contribution in [0.4, 0.5) is 0 Å². The van der Waals surface area contributed by atoms with Gasteiger partial charge in [0, 0.05) is 8.95 Å². The third kappa shape index (κ3) is 2.19. The first-order valence-corrected chi connectivity index (χ1v) is 4.99. The molecule has 0 aliphatic carbocycles. The zero-order valence-electron chi connectivity index (χ0n) is 6.30. The van der Waals surface area contributed by atoms with E-state index in [2.05, 4.69) is 38.4 Å². The van der Waals surface area contributed by atoms with E-state index in [9.17, 15) is 5.11 Å². The molecule has 0 saturated carbocycles. The molecule has 0 bridgehead atoms. The molecule has 1 nitrogen and oxygen atoms in total. The Morgan fingerprint density at radius 1 is 1.42 bits per heavy atom. The van der Waals surface area contributed by atoms with Gasteiger partial charge in [0.2, 0.25) is 0 Å². The van der Waals surface area contributed by atoms with Crippen LogP contribution in [-0.4, -0.2) is 5.11 Å². The summed E-state index contributed by atoms with van der Waals surface area (Å²) in [6.45, 7) is 3.52. The van der Waals surface area contributed by atoms with Gasteiger partial charge in [-0.05, 0) is 17.7 Å². The first kappa shape index (κ1) is 9.96. The fourth-order valence-corrected chi connectivity index (χ4v) is 2.15. The second-order valence-electron chi connectivity index (χ2n) is 2.35. The van der Waals surface area contributed by atoms with Crippen LogP contribution in [0, 0.1) is 0 Å². The topological polar surface area (TPSA) is 20.2 Å². The molecule has 0 aliphatic heterocycles. The number of halogens is 2. The van der Waals surface area contributed by atoms with Crippen LogP contribution in [0.3, 0.4) is 0 Å². The molecular formula is C9H8Br2O. The number of hydrogen-bond donors (Lipinski definition) is 1. The summed E-state index contributed by atoms with van der Waals surface area (Å²) in [4.78, 5) is 0. The lowest BCUT2D eigenvalue weighted by Gasteiger charge is -2.07. The van der Waals surface area contributed by atoms with Crippen LogP contribution in [-0.2, 0) is 0 Å². The standard InChI is InChI=1S/C9H8Br2O/c1-2-9(12)7-4-3-6(10)5-8(7)11/h2-5,9,12H,1H2. The van der Waals surface area contributed by atoms with Gasteiger partial charge in [0.15, 0.2) is 0 Å². The van der Waals surface area contributed by atoms with Gasteiger partial charge in [0.05, 0.1) is 6.10 Å². The number of rotatable bonds is 2. The first-order valence-electron chi connectivity index (χ1n) is 3.40. The highest BCUT2D eigenvalue weighted by atomic mass is 79.9. The molecule has 0 fully saturated rings. The third-order valence-corrected chi connectivity index (χ3v) is 2.68.